The highest BCUT2D eigenvalue weighted by Crippen LogP contribution is 2.18. The minimum Gasteiger partial charge on any atom is -0.548 e. The summed E-state index contributed by atoms with van der Waals surface area (Å²) >= 11 is 0. The molecule has 254 valence electrons. The van der Waals surface area contributed by atoms with E-state index in [1.165, 1.54) is 0 Å². The van der Waals surface area contributed by atoms with Crippen molar-refractivity contribution < 1.29 is 43.7 Å². The molecule has 1 aliphatic heterocycles. The van der Waals surface area contributed by atoms with Crippen molar-refractivity contribution in [3.05, 3.63) is 108 Å². The lowest BCUT2D eigenvalue weighted by Crippen LogP contribution is -2.59. The number of nitrogens with one attached hydrogen (secondary N) is 3. The Labute approximate surface area is 277 Å². The fraction of sp³-hybridized carbons (Fsp3) is 0.294. The Balaban J connectivity index is 0.000000264. The number of esters is 1. The molecule has 0 saturated carbocycles. The van der Waals surface area contributed by atoms with Crippen LogP contribution in [0.15, 0.2) is 91.0 Å². The fourth-order valence-electron chi connectivity index (χ4n) is 4.52. The zero-order valence-corrected chi connectivity index (χ0v) is 26.2. The second-order valence-electron chi connectivity index (χ2n) is 10.6. The second kappa shape index (κ2) is 19.7. The van der Waals surface area contributed by atoms with Gasteiger partial charge in [-0.05, 0) is 49.1 Å². The molecule has 3 aromatic carbocycles. The summed E-state index contributed by atoms with van der Waals surface area (Å²) < 4.78 is 5.13. The van der Waals surface area contributed by atoms with Crippen molar-refractivity contribution in [3.8, 4) is 0 Å². The van der Waals surface area contributed by atoms with Gasteiger partial charge in [-0.1, -0.05) is 66.7 Å². The average Bonchev–Trinajstić information content (AvgIpc) is 3.11. The first-order valence-electron chi connectivity index (χ1n) is 15.3. The van der Waals surface area contributed by atoms with Crippen molar-refractivity contribution in [2.75, 3.05) is 19.6 Å². The van der Waals surface area contributed by atoms with E-state index >= 15 is 0 Å². The first kappa shape index (κ1) is 36.7. The maximum Gasteiger partial charge on any atom is 0.339 e. The fourth-order valence-corrected chi connectivity index (χ4v) is 4.52. The number of aliphatic carboxylic acids is 2. The number of rotatable bonds is 12. The molecule has 3 aromatic rings. The van der Waals surface area contributed by atoms with Crippen LogP contribution in [0.3, 0.4) is 0 Å². The molecule has 1 atom stereocenters. The molecule has 4 N–H and O–H groups in total. The molecule has 1 fully saturated rings. The van der Waals surface area contributed by atoms with Gasteiger partial charge in [0.05, 0.1) is 31.4 Å². The zero-order chi connectivity index (χ0) is 34.7. The van der Waals surface area contributed by atoms with Gasteiger partial charge in [0, 0.05) is 24.2 Å². The molecule has 1 saturated heterocycles. The molecule has 48 heavy (non-hydrogen) atoms. The molecular formula is C34H38N5O9-. The standard InChI is InChI=1S/C17H21N3O6.C17H18N2O3/c21-14(22)9-11-20(18-15(23)12-6-2-1-3-7-12)17(26)19-10-5-4-8-13(19)16(24)25;20-16(22-13-14-7-3-1-4-8-14)11-12-18-19-17(21)15-9-5-2-6-10-15/h1-3,6-7,13H,4-5,8-11H2,(H,18,23)(H,21,22)(H,24,25);1-10,18H,11-13H2,(H,19,21)/p-1. The number of ether oxygens (including phenoxy) is 1. The number of amides is 4. The van der Waals surface area contributed by atoms with Crippen LogP contribution in [0.2, 0.25) is 0 Å². The summed E-state index contributed by atoms with van der Waals surface area (Å²) in [6.07, 6.45) is 1.31. The first-order chi connectivity index (χ1) is 23.2. The topological polar surface area (TPSA) is 198 Å². The van der Waals surface area contributed by atoms with Crippen LogP contribution in [0.1, 0.15) is 58.4 Å². The summed E-state index contributed by atoms with van der Waals surface area (Å²) in [5, 5.41) is 21.0. The van der Waals surface area contributed by atoms with E-state index in [-0.39, 0.29) is 50.0 Å². The van der Waals surface area contributed by atoms with Crippen LogP contribution in [0, 0.1) is 0 Å². The number of hydrogen-bond donors (Lipinski definition) is 4. The third-order valence-electron chi connectivity index (χ3n) is 7.01. The largest absolute Gasteiger partial charge is 0.548 e. The zero-order valence-electron chi connectivity index (χ0n) is 26.2. The number of hydrogen-bond acceptors (Lipinski definition) is 9. The number of benzene rings is 3. The highest BCUT2D eigenvalue weighted by Gasteiger charge is 2.32. The predicted molar refractivity (Wildman–Crippen MR) is 170 cm³/mol. The van der Waals surface area contributed by atoms with E-state index in [0.29, 0.717) is 24.9 Å². The summed E-state index contributed by atoms with van der Waals surface area (Å²) in [6.45, 7) is 0.480. The van der Waals surface area contributed by atoms with E-state index in [1.807, 2.05) is 36.4 Å². The number of carboxylic acids is 2. The Morgan fingerprint density at radius 2 is 1.40 bits per heavy atom. The Morgan fingerprint density at radius 1 is 0.812 bits per heavy atom. The molecule has 0 bridgehead atoms. The van der Waals surface area contributed by atoms with E-state index in [0.717, 1.165) is 15.5 Å². The second-order valence-corrected chi connectivity index (χ2v) is 10.6. The molecule has 0 aliphatic carbocycles. The highest BCUT2D eigenvalue weighted by molar-refractivity contribution is 5.95. The van der Waals surface area contributed by atoms with Gasteiger partial charge in [-0.2, -0.15) is 0 Å². The third-order valence-corrected chi connectivity index (χ3v) is 7.01. The molecule has 1 heterocycles. The van der Waals surface area contributed by atoms with Gasteiger partial charge in [-0.15, -0.1) is 0 Å². The first-order valence-corrected chi connectivity index (χ1v) is 15.3. The number of carbonyl (C=O) groups excluding carboxylic acids is 5. The van der Waals surface area contributed by atoms with Crippen LogP contribution in [-0.4, -0.2) is 76.4 Å². The van der Waals surface area contributed by atoms with Crippen molar-refractivity contribution in [2.45, 2.75) is 44.8 Å². The van der Waals surface area contributed by atoms with Gasteiger partial charge in [0.1, 0.15) is 6.61 Å². The minimum absolute atomic E-state index is 0.182. The smallest absolute Gasteiger partial charge is 0.339 e. The molecule has 4 rings (SSSR count). The summed E-state index contributed by atoms with van der Waals surface area (Å²) in [5.41, 5.74) is 9.41. The minimum atomic E-state index is -1.37. The highest BCUT2D eigenvalue weighted by atomic mass is 16.5. The van der Waals surface area contributed by atoms with Crippen molar-refractivity contribution in [2.24, 2.45) is 0 Å². The summed E-state index contributed by atoms with van der Waals surface area (Å²) in [7, 11) is 0. The van der Waals surface area contributed by atoms with Gasteiger partial charge in [0.15, 0.2) is 0 Å². The Hall–Kier alpha value is -5.76. The van der Waals surface area contributed by atoms with Gasteiger partial charge < -0.3 is 24.6 Å². The van der Waals surface area contributed by atoms with Crippen LogP contribution in [0.5, 0.6) is 0 Å². The van der Waals surface area contributed by atoms with Crippen LogP contribution in [0.4, 0.5) is 4.79 Å². The van der Waals surface area contributed by atoms with E-state index < -0.39 is 36.3 Å². The number of carboxylic acid groups (broad SMARTS) is 2. The quantitative estimate of drug-likeness (QED) is 0.126. The number of hydrazine groups is 2. The van der Waals surface area contributed by atoms with Gasteiger partial charge in [-0.25, -0.2) is 15.2 Å². The molecule has 0 radical (unpaired) electrons. The molecule has 0 aromatic heterocycles. The van der Waals surface area contributed by atoms with Crippen LogP contribution < -0.4 is 21.4 Å². The SMILES string of the molecule is O=C(CCNNC(=O)c1ccccc1)OCc1ccccc1.O=C(O)CCN(NC(=O)c1ccccc1)C(=O)N1CCCCC1C(=O)[O-]. The van der Waals surface area contributed by atoms with E-state index in [4.69, 9.17) is 9.84 Å². The van der Waals surface area contributed by atoms with Crippen molar-refractivity contribution >= 4 is 35.8 Å². The van der Waals surface area contributed by atoms with Gasteiger partial charge in [0.2, 0.25) is 0 Å². The lowest BCUT2D eigenvalue weighted by Gasteiger charge is -2.39. The number of likely N-dealkylation sites (tertiary alicyclic amines) is 1. The molecule has 1 aliphatic rings. The summed E-state index contributed by atoms with van der Waals surface area (Å²) in [5.74, 6) is -3.66. The molecule has 0 spiro atoms. The lowest BCUT2D eigenvalue weighted by molar-refractivity contribution is -0.311. The molecule has 1 unspecified atom stereocenters. The third kappa shape index (κ3) is 12.6. The van der Waals surface area contributed by atoms with Crippen molar-refractivity contribution in [3.63, 3.8) is 0 Å². The Bertz CT molecular complexity index is 1510. The number of nitrogens with zero attached hydrogens (tertiary/aromatic N) is 2. The van der Waals surface area contributed by atoms with Gasteiger partial charge in [0.25, 0.3) is 11.8 Å². The molecule has 14 nitrogen and oxygen atoms in total. The summed E-state index contributed by atoms with van der Waals surface area (Å²) in [6, 6.07) is 24.6. The lowest BCUT2D eigenvalue weighted by atomic mass is 10.0. The van der Waals surface area contributed by atoms with E-state index in [9.17, 15) is 33.9 Å². The summed E-state index contributed by atoms with van der Waals surface area (Å²) in [4.78, 5) is 71.6. The van der Waals surface area contributed by atoms with Gasteiger partial charge >= 0.3 is 18.0 Å². The van der Waals surface area contributed by atoms with Crippen LogP contribution in [0.25, 0.3) is 0 Å². The monoisotopic (exact) mass is 660 g/mol. The number of carbonyl (C=O) groups is 6. The van der Waals surface area contributed by atoms with E-state index in [2.05, 4.69) is 16.3 Å². The predicted octanol–water partition coefficient (Wildman–Crippen LogP) is 1.89. The average molecular weight is 661 g/mol. The molecular weight excluding hydrogens is 622 g/mol. The van der Waals surface area contributed by atoms with Crippen LogP contribution >= 0.6 is 0 Å². The normalized spacial score (nSPS) is 13.6. The van der Waals surface area contributed by atoms with E-state index in [1.54, 1.807) is 54.6 Å². The van der Waals surface area contributed by atoms with Crippen molar-refractivity contribution in [1.82, 2.24) is 26.2 Å². The number of urea groups is 1. The molecule has 4 amide bonds. The van der Waals surface area contributed by atoms with Crippen molar-refractivity contribution in [1.29, 1.82) is 0 Å². The Morgan fingerprint density at radius 3 is 1.98 bits per heavy atom. The maximum absolute atomic E-state index is 12.7. The van der Waals surface area contributed by atoms with Crippen LogP contribution in [-0.2, 0) is 25.7 Å². The Kier molecular flexibility index (Phi) is 15.1. The van der Waals surface area contributed by atoms with Gasteiger partial charge in [-0.3, -0.25) is 30.0 Å². The maximum atomic E-state index is 12.7. The molecule has 14 heteroatoms. The number of piperidine rings is 1.